The molecule has 2 aromatic rings. The van der Waals surface area contributed by atoms with Crippen molar-refractivity contribution in [1.29, 1.82) is 0 Å². The summed E-state index contributed by atoms with van der Waals surface area (Å²) in [5.41, 5.74) is 2.25. The number of sulfonamides is 1. The van der Waals surface area contributed by atoms with Crippen LogP contribution >= 0.6 is 0 Å². The Kier molecular flexibility index (Phi) is 5.94. The molecule has 0 radical (unpaired) electrons. The first-order chi connectivity index (χ1) is 11.4. The SMILES string of the molecule is COc1ccc(C(=O)NCCNS(C)(=O)=O)cc1-c1ccccc1. The van der Waals surface area contributed by atoms with Crippen LogP contribution in [0.1, 0.15) is 10.4 Å². The molecule has 0 unspecified atom stereocenters. The van der Waals surface area contributed by atoms with Crippen LogP contribution < -0.4 is 14.8 Å². The van der Waals surface area contributed by atoms with E-state index in [1.807, 2.05) is 30.3 Å². The van der Waals surface area contributed by atoms with Crippen molar-refractivity contribution in [3.63, 3.8) is 0 Å². The van der Waals surface area contributed by atoms with Gasteiger partial charge in [-0.1, -0.05) is 30.3 Å². The number of rotatable bonds is 7. The minimum atomic E-state index is -3.26. The lowest BCUT2D eigenvalue weighted by molar-refractivity contribution is 0.0954. The largest absolute Gasteiger partial charge is 0.496 e. The molecule has 2 N–H and O–H groups in total. The molecule has 0 atom stereocenters. The van der Waals surface area contributed by atoms with Crippen molar-refractivity contribution in [2.45, 2.75) is 0 Å². The predicted octanol–water partition coefficient (Wildman–Crippen LogP) is 1.64. The maximum absolute atomic E-state index is 12.2. The van der Waals surface area contributed by atoms with Crippen LogP contribution in [0.25, 0.3) is 11.1 Å². The normalized spacial score (nSPS) is 11.1. The van der Waals surface area contributed by atoms with Crippen molar-refractivity contribution in [1.82, 2.24) is 10.0 Å². The molecular formula is C17H20N2O4S. The highest BCUT2D eigenvalue weighted by molar-refractivity contribution is 7.88. The molecule has 1 amide bonds. The molecule has 0 fully saturated rings. The standard InChI is InChI=1S/C17H20N2O4S/c1-23-16-9-8-14(12-15(16)13-6-4-3-5-7-13)17(20)18-10-11-19-24(2,21)22/h3-9,12,19H,10-11H2,1-2H3,(H,18,20). The summed E-state index contributed by atoms with van der Waals surface area (Å²) < 4.78 is 29.6. The van der Waals surface area contributed by atoms with Gasteiger partial charge in [-0.05, 0) is 23.8 Å². The van der Waals surface area contributed by atoms with Crippen LogP contribution in [0.3, 0.4) is 0 Å². The van der Waals surface area contributed by atoms with E-state index in [0.29, 0.717) is 11.3 Å². The van der Waals surface area contributed by atoms with Crippen LogP contribution in [0.15, 0.2) is 48.5 Å². The van der Waals surface area contributed by atoms with Gasteiger partial charge < -0.3 is 10.1 Å². The molecule has 2 rings (SSSR count). The third-order valence-electron chi connectivity index (χ3n) is 3.32. The number of hydrogen-bond donors (Lipinski definition) is 2. The van der Waals surface area contributed by atoms with Gasteiger partial charge in [-0.3, -0.25) is 4.79 Å². The number of nitrogens with one attached hydrogen (secondary N) is 2. The fourth-order valence-electron chi connectivity index (χ4n) is 2.21. The first-order valence-electron chi connectivity index (χ1n) is 7.37. The lowest BCUT2D eigenvalue weighted by atomic mass is 10.0. The second-order valence-electron chi connectivity index (χ2n) is 5.20. The zero-order valence-electron chi connectivity index (χ0n) is 13.6. The van der Waals surface area contributed by atoms with Crippen molar-refractivity contribution >= 4 is 15.9 Å². The number of amides is 1. The first-order valence-corrected chi connectivity index (χ1v) is 9.26. The lowest BCUT2D eigenvalue weighted by Gasteiger charge is -2.11. The van der Waals surface area contributed by atoms with E-state index in [-0.39, 0.29) is 19.0 Å². The molecule has 0 saturated heterocycles. The third kappa shape index (κ3) is 5.07. The minimum Gasteiger partial charge on any atom is -0.496 e. The monoisotopic (exact) mass is 348 g/mol. The fourth-order valence-corrected chi connectivity index (χ4v) is 2.68. The molecule has 0 aromatic heterocycles. The van der Waals surface area contributed by atoms with E-state index in [4.69, 9.17) is 4.74 Å². The lowest BCUT2D eigenvalue weighted by Crippen LogP contribution is -2.34. The van der Waals surface area contributed by atoms with Gasteiger partial charge in [-0.2, -0.15) is 0 Å². The van der Waals surface area contributed by atoms with Crippen LogP contribution in [0.5, 0.6) is 5.75 Å². The predicted molar refractivity (Wildman–Crippen MR) is 93.6 cm³/mol. The molecule has 0 aliphatic rings. The number of hydrogen-bond acceptors (Lipinski definition) is 4. The minimum absolute atomic E-state index is 0.145. The zero-order valence-corrected chi connectivity index (χ0v) is 14.4. The van der Waals surface area contributed by atoms with Gasteiger partial charge in [-0.15, -0.1) is 0 Å². The molecule has 6 nitrogen and oxygen atoms in total. The highest BCUT2D eigenvalue weighted by Crippen LogP contribution is 2.30. The number of carbonyl (C=O) groups is 1. The average molecular weight is 348 g/mol. The number of methoxy groups -OCH3 is 1. The Hall–Kier alpha value is -2.38. The van der Waals surface area contributed by atoms with E-state index in [1.165, 1.54) is 0 Å². The number of ether oxygens (including phenoxy) is 1. The van der Waals surface area contributed by atoms with E-state index >= 15 is 0 Å². The Labute approximate surface area is 141 Å². The molecular weight excluding hydrogens is 328 g/mol. The second kappa shape index (κ2) is 7.94. The van der Waals surface area contributed by atoms with Gasteiger partial charge in [0.15, 0.2) is 0 Å². The summed E-state index contributed by atoms with van der Waals surface area (Å²) in [5.74, 6) is 0.404. The Morgan fingerprint density at radius 2 is 1.79 bits per heavy atom. The number of carbonyl (C=O) groups excluding carboxylic acids is 1. The second-order valence-corrected chi connectivity index (χ2v) is 7.04. The highest BCUT2D eigenvalue weighted by atomic mass is 32.2. The van der Waals surface area contributed by atoms with Gasteiger partial charge in [0.1, 0.15) is 5.75 Å². The maximum Gasteiger partial charge on any atom is 0.251 e. The summed E-state index contributed by atoms with van der Waals surface area (Å²) in [5, 5.41) is 2.68. The fraction of sp³-hybridized carbons (Fsp3) is 0.235. The summed E-state index contributed by atoms with van der Waals surface area (Å²) >= 11 is 0. The van der Waals surface area contributed by atoms with Crippen molar-refractivity contribution in [3.05, 3.63) is 54.1 Å². The first kappa shape index (κ1) is 18.0. The highest BCUT2D eigenvalue weighted by Gasteiger charge is 2.11. The Balaban J connectivity index is 2.12. The van der Waals surface area contributed by atoms with Crippen LogP contribution in [-0.4, -0.2) is 40.8 Å². The molecule has 0 saturated carbocycles. The van der Waals surface area contributed by atoms with E-state index < -0.39 is 10.0 Å². The van der Waals surface area contributed by atoms with Gasteiger partial charge in [0, 0.05) is 24.2 Å². The third-order valence-corrected chi connectivity index (χ3v) is 4.05. The topological polar surface area (TPSA) is 84.5 Å². The summed E-state index contributed by atoms with van der Waals surface area (Å²) in [4.78, 5) is 12.2. The molecule has 0 aliphatic heterocycles. The Bertz CT molecular complexity index is 805. The average Bonchev–Trinajstić information content (AvgIpc) is 2.58. The van der Waals surface area contributed by atoms with Crippen LogP contribution in [-0.2, 0) is 10.0 Å². The van der Waals surface area contributed by atoms with Crippen LogP contribution in [0.4, 0.5) is 0 Å². The molecule has 0 aliphatic carbocycles. The van der Waals surface area contributed by atoms with Crippen molar-refractivity contribution in [2.75, 3.05) is 26.5 Å². The quantitative estimate of drug-likeness (QED) is 0.745. The molecule has 0 spiro atoms. The number of benzene rings is 2. The summed E-state index contributed by atoms with van der Waals surface area (Å²) in [6.07, 6.45) is 1.07. The maximum atomic E-state index is 12.2. The summed E-state index contributed by atoms with van der Waals surface area (Å²) in [6.45, 7) is 0.352. The van der Waals surface area contributed by atoms with Crippen molar-refractivity contribution < 1.29 is 17.9 Å². The van der Waals surface area contributed by atoms with Gasteiger partial charge in [0.05, 0.1) is 13.4 Å². The molecule has 2 aromatic carbocycles. The molecule has 0 bridgehead atoms. The smallest absolute Gasteiger partial charge is 0.251 e. The molecule has 7 heteroatoms. The Morgan fingerprint density at radius 3 is 2.42 bits per heavy atom. The summed E-state index contributed by atoms with van der Waals surface area (Å²) in [6, 6.07) is 14.8. The van der Waals surface area contributed by atoms with E-state index in [1.54, 1.807) is 25.3 Å². The van der Waals surface area contributed by atoms with E-state index in [0.717, 1.165) is 17.4 Å². The summed E-state index contributed by atoms with van der Waals surface area (Å²) in [7, 11) is -1.67. The molecule has 128 valence electrons. The van der Waals surface area contributed by atoms with Gasteiger partial charge in [-0.25, -0.2) is 13.1 Å². The van der Waals surface area contributed by atoms with Crippen molar-refractivity contribution in [2.24, 2.45) is 0 Å². The van der Waals surface area contributed by atoms with Gasteiger partial charge in [0.2, 0.25) is 10.0 Å². The van der Waals surface area contributed by atoms with Gasteiger partial charge in [0.25, 0.3) is 5.91 Å². The molecule has 0 heterocycles. The molecule has 24 heavy (non-hydrogen) atoms. The van der Waals surface area contributed by atoms with Crippen LogP contribution in [0.2, 0.25) is 0 Å². The van der Waals surface area contributed by atoms with Crippen molar-refractivity contribution in [3.8, 4) is 16.9 Å². The van der Waals surface area contributed by atoms with E-state index in [2.05, 4.69) is 10.0 Å². The Morgan fingerprint density at radius 1 is 1.08 bits per heavy atom. The zero-order chi connectivity index (χ0) is 17.6. The van der Waals surface area contributed by atoms with Gasteiger partial charge >= 0.3 is 0 Å². The van der Waals surface area contributed by atoms with E-state index in [9.17, 15) is 13.2 Å². The van der Waals surface area contributed by atoms with Crippen LogP contribution in [0, 0.1) is 0 Å².